The molecule has 0 aliphatic rings. The molecule has 9 heteroatoms. The van der Waals surface area contributed by atoms with Crippen LogP contribution in [0.4, 0.5) is 0 Å². The molecule has 26 heavy (non-hydrogen) atoms. The molecular weight excluding hydrogens is 420 g/mol. The number of hydrogen-bond donors (Lipinski definition) is 2. The first-order valence-corrected chi connectivity index (χ1v) is 9.64. The summed E-state index contributed by atoms with van der Waals surface area (Å²) in [5, 5.41) is 9.85. The molecule has 142 valence electrons. The Morgan fingerprint density at radius 2 is 2.19 bits per heavy atom. The Bertz CT molecular complexity index is 819. The van der Waals surface area contributed by atoms with Crippen molar-refractivity contribution < 1.29 is 14.3 Å². The van der Waals surface area contributed by atoms with Crippen LogP contribution in [0, 0.1) is 4.77 Å². The third-order valence-electron chi connectivity index (χ3n) is 3.73. The van der Waals surface area contributed by atoms with Crippen LogP contribution < -0.4 is 14.8 Å². The molecule has 0 aliphatic heterocycles. The summed E-state index contributed by atoms with van der Waals surface area (Å²) in [7, 11) is 1.55. The fourth-order valence-corrected chi connectivity index (χ4v) is 3.29. The van der Waals surface area contributed by atoms with Gasteiger partial charge in [-0.15, -0.1) is 0 Å². The Morgan fingerprint density at radius 3 is 2.85 bits per heavy atom. The lowest BCUT2D eigenvalue weighted by molar-refractivity contribution is 0.0953. The van der Waals surface area contributed by atoms with Gasteiger partial charge in [0.2, 0.25) is 0 Å². The number of carbonyl (C=O) groups excluding carboxylic acids is 1. The second-order valence-corrected chi connectivity index (χ2v) is 6.77. The number of benzene rings is 1. The molecule has 1 amide bonds. The van der Waals surface area contributed by atoms with E-state index in [0.29, 0.717) is 45.9 Å². The van der Waals surface area contributed by atoms with Crippen molar-refractivity contribution in [3.63, 3.8) is 0 Å². The van der Waals surface area contributed by atoms with Crippen LogP contribution in [-0.2, 0) is 13.0 Å². The maximum atomic E-state index is 12.5. The average Bonchev–Trinajstić information content (AvgIpc) is 2.99. The standard InChI is InChI=1S/C17H23BrN4O3S/c1-4-8-25-15-12(18)9-11(10-13(15)24-3)16(23)19-7-6-14-20-21-17(26)22(14)5-2/h9-10H,4-8H2,1-3H3,(H,19,23)(H,21,26). The summed E-state index contributed by atoms with van der Waals surface area (Å²) in [6.45, 7) is 5.79. The van der Waals surface area contributed by atoms with E-state index in [1.807, 2.05) is 18.4 Å². The van der Waals surface area contributed by atoms with Gasteiger partial charge < -0.3 is 19.4 Å². The van der Waals surface area contributed by atoms with Crippen LogP contribution in [0.15, 0.2) is 16.6 Å². The van der Waals surface area contributed by atoms with E-state index < -0.39 is 0 Å². The second-order valence-electron chi connectivity index (χ2n) is 5.53. The summed E-state index contributed by atoms with van der Waals surface area (Å²) in [5.74, 6) is 1.75. The van der Waals surface area contributed by atoms with E-state index in [4.69, 9.17) is 21.7 Å². The van der Waals surface area contributed by atoms with E-state index in [0.717, 1.165) is 18.8 Å². The van der Waals surface area contributed by atoms with Gasteiger partial charge in [-0.3, -0.25) is 9.89 Å². The highest BCUT2D eigenvalue weighted by Crippen LogP contribution is 2.36. The minimum absolute atomic E-state index is 0.191. The van der Waals surface area contributed by atoms with Gasteiger partial charge >= 0.3 is 0 Å². The van der Waals surface area contributed by atoms with Crippen molar-refractivity contribution in [2.45, 2.75) is 33.2 Å². The van der Waals surface area contributed by atoms with Crippen LogP contribution in [-0.4, -0.2) is 40.9 Å². The summed E-state index contributed by atoms with van der Waals surface area (Å²) in [6.07, 6.45) is 1.47. The maximum Gasteiger partial charge on any atom is 0.251 e. The smallest absolute Gasteiger partial charge is 0.251 e. The van der Waals surface area contributed by atoms with Crippen molar-refractivity contribution in [3.05, 3.63) is 32.8 Å². The molecule has 0 aliphatic carbocycles. The van der Waals surface area contributed by atoms with Crippen LogP contribution in [0.1, 0.15) is 36.5 Å². The van der Waals surface area contributed by atoms with E-state index in [1.165, 1.54) is 0 Å². The molecule has 0 atom stereocenters. The molecule has 1 aromatic carbocycles. The molecule has 0 spiro atoms. The number of hydrogen-bond acceptors (Lipinski definition) is 5. The average molecular weight is 443 g/mol. The molecule has 2 aromatic rings. The fraction of sp³-hybridized carbons (Fsp3) is 0.471. The first-order chi connectivity index (χ1) is 12.5. The molecule has 0 saturated carbocycles. The lowest BCUT2D eigenvalue weighted by Crippen LogP contribution is -2.26. The van der Waals surface area contributed by atoms with Gasteiger partial charge in [-0.05, 0) is 53.6 Å². The van der Waals surface area contributed by atoms with Crippen molar-refractivity contribution in [1.82, 2.24) is 20.1 Å². The van der Waals surface area contributed by atoms with E-state index in [9.17, 15) is 4.79 Å². The number of nitrogens with zero attached hydrogens (tertiary/aromatic N) is 2. The molecule has 2 N–H and O–H groups in total. The predicted octanol–water partition coefficient (Wildman–Crippen LogP) is 3.49. The van der Waals surface area contributed by atoms with Crippen LogP contribution >= 0.6 is 28.1 Å². The molecule has 1 aromatic heterocycles. The number of carbonyl (C=O) groups is 1. The van der Waals surface area contributed by atoms with Gasteiger partial charge in [-0.25, -0.2) is 0 Å². The predicted molar refractivity (Wildman–Crippen MR) is 106 cm³/mol. The minimum atomic E-state index is -0.191. The molecule has 0 radical (unpaired) electrons. The van der Waals surface area contributed by atoms with Crippen LogP contribution in [0.2, 0.25) is 0 Å². The van der Waals surface area contributed by atoms with Crippen molar-refractivity contribution in [3.8, 4) is 11.5 Å². The Labute approximate surface area is 166 Å². The number of amides is 1. The normalized spacial score (nSPS) is 10.6. The monoisotopic (exact) mass is 442 g/mol. The van der Waals surface area contributed by atoms with E-state index >= 15 is 0 Å². The highest BCUT2D eigenvalue weighted by atomic mass is 79.9. The zero-order valence-corrected chi connectivity index (χ0v) is 17.5. The van der Waals surface area contributed by atoms with E-state index in [2.05, 4.69) is 31.4 Å². The van der Waals surface area contributed by atoms with Crippen LogP contribution in [0.5, 0.6) is 11.5 Å². The third kappa shape index (κ3) is 4.85. The second kappa shape index (κ2) is 9.72. The Kier molecular flexibility index (Phi) is 7.65. The first-order valence-electron chi connectivity index (χ1n) is 8.44. The van der Waals surface area contributed by atoms with Gasteiger partial charge in [0.25, 0.3) is 5.91 Å². The van der Waals surface area contributed by atoms with Crippen molar-refractivity contribution in [1.29, 1.82) is 0 Å². The number of methoxy groups -OCH3 is 1. The van der Waals surface area contributed by atoms with Gasteiger partial charge in [0, 0.05) is 25.1 Å². The number of ether oxygens (including phenoxy) is 2. The van der Waals surface area contributed by atoms with Gasteiger partial charge in [0.15, 0.2) is 16.3 Å². The van der Waals surface area contributed by atoms with E-state index in [1.54, 1.807) is 19.2 Å². The quantitative estimate of drug-likeness (QED) is 0.580. The lowest BCUT2D eigenvalue weighted by Gasteiger charge is -2.14. The first kappa shape index (κ1) is 20.4. The van der Waals surface area contributed by atoms with Crippen molar-refractivity contribution in [2.75, 3.05) is 20.3 Å². The largest absolute Gasteiger partial charge is 0.493 e. The Balaban J connectivity index is 2.04. The lowest BCUT2D eigenvalue weighted by atomic mass is 10.2. The van der Waals surface area contributed by atoms with Crippen LogP contribution in [0.25, 0.3) is 0 Å². The number of nitrogens with one attached hydrogen (secondary N) is 2. The molecule has 0 saturated heterocycles. The third-order valence-corrected chi connectivity index (χ3v) is 4.63. The fourth-order valence-electron chi connectivity index (χ4n) is 2.45. The highest BCUT2D eigenvalue weighted by Gasteiger charge is 2.15. The van der Waals surface area contributed by atoms with Crippen molar-refractivity contribution in [2.24, 2.45) is 0 Å². The van der Waals surface area contributed by atoms with Crippen LogP contribution in [0.3, 0.4) is 0 Å². The number of halogens is 1. The molecule has 0 bridgehead atoms. The summed E-state index contributed by atoms with van der Waals surface area (Å²) < 4.78 is 14.2. The number of H-pyrrole nitrogens is 1. The number of rotatable bonds is 9. The van der Waals surface area contributed by atoms with Gasteiger partial charge in [-0.2, -0.15) is 5.10 Å². The summed E-state index contributed by atoms with van der Waals surface area (Å²) in [6, 6.07) is 3.40. The van der Waals surface area contributed by atoms with Crippen molar-refractivity contribution >= 4 is 34.1 Å². The zero-order valence-electron chi connectivity index (χ0n) is 15.1. The summed E-state index contributed by atoms with van der Waals surface area (Å²) >= 11 is 8.61. The topological polar surface area (TPSA) is 81.2 Å². The maximum absolute atomic E-state index is 12.5. The Morgan fingerprint density at radius 1 is 1.42 bits per heavy atom. The molecule has 1 heterocycles. The minimum Gasteiger partial charge on any atom is -0.493 e. The molecule has 2 rings (SSSR count). The molecule has 0 unspecified atom stereocenters. The summed E-state index contributed by atoms with van der Waals surface area (Å²) in [5.41, 5.74) is 0.493. The molecule has 0 fully saturated rings. The zero-order chi connectivity index (χ0) is 19.1. The molecular formula is C17H23BrN4O3S. The highest BCUT2D eigenvalue weighted by molar-refractivity contribution is 9.10. The van der Waals surface area contributed by atoms with E-state index in [-0.39, 0.29) is 5.91 Å². The van der Waals surface area contributed by atoms with Gasteiger partial charge in [-0.1, -0.05) is 6.92 Å². The SMILES string of the molecule is CCCOc1c(Br)cc(C(=O)NCCc2n[nH]c(=S)n2CC)cc1OC. The number of aromatic amines is 1. The van der Waals surface area contributed by atoms with Gasteiger partial charge in [0.1, 0.15) is 5.82 Å². The summed E-state index contributed by atoms with van der Waals surface area (Å²) in [4.78, 5) is 12.5. The van der Waals surface area contributed by atoms with Gasteiger partial charge in [0.05, 0.1) is 18.2 Å². The Hall–Kier alpha value is -1.87. The number of aromatic nitrogens is 3. The molecule has 7 nitrogen and oxygen atoms in total.